The van der Waals surface area contributed by atoms with Crippen LogP contribution in [0.1, 0.15) is 64.9 Å². The van der Waals surface area contributed by atoms with Crippen molar-refractivity contribution in [2.75, 3.05) is 19.3 Å². The molecule has 3 N–H and O–H groups in total. The second-order valence-corrected chi connectivity index (χ2v) is 14.9. The third-order valence-electron chi connectivity index (χ3n) is 10.0. The second kappa shape index (κ2) is 13.0. The number of ketones is 2. The number of aromatic nitrogens is 1. The number of hydrogen-bond acceptors (Lipinski definition) is 7. The highest BCUT2D eigenvalue weighted by Crippen LogP contribution is 2.61. The number of aliphatic carboxylic acids is 1. The molecule has 45 heavy (non-hydrogen) atoms. The maximum atomic E-state index is 13.5. The monoisotopic (exact) mass is 644 g/mol. The van der Waals surface area contributed by atoms with Crippen LogP contribution in [0.4, 0.5) is 0 Å². The fraction of sp³-hybridized carbons (Fsp3) is 0.594. The molecule has 246 valence electrons. The minimum absolute atomic E-state index is 0.0256. The molecule has 4 unspecified atom stereocenters. The lowest BCUT2D eigenvalue weighted by Gasteiger charge is -2.44. The predicted molar refractivity (Wildman–Crippen MR) is 168 cm³/mol. The number of nitrogens with one attached hydrogen (secondary N) is 2. The van der Waals surface area contributed by atoms with Gasteiger partial charge in [-0.15, -0.1) is 0 Å². The first kappa shape index (κ1) is 34.3. The zero-order chi connectivity index (χ0) is 33.3. The number of fused-ring (bicyclic) bond motifs is 3. The van der Waals surface area contributed by atoms with Crippen LogP contribution >= 0.6 is 0 Å². The van der Waals surface area contributed by atoms with Crippen molar-refractivity contribution in [1.29, 1.82) is 0 Å². The summed E-state index contributed by atoms with van der Waals surface area (Å²) in [5, 5.41) is 15.9. The Morgan fingerprint density at radius 3 is 2.42 bits per heavy atom. The van der Waals surface area contributed by atoms with Crippen molar-refractivity contribution in [1.82, 2.24) is 19.5 Å². The molecule has 0 aliphatic heterocycles. The van der Waals surface area contributed by atoms with Crippen molar-refractivity contribution in [3.05, 3.63) is 36.0 Å². The summed E-state index contributed by atoms with van der Waals surface area (Å²) in [7, 11) is -2.13. The van der Waals surface area contributed by atoms with Crippen molar-refractivity contribution < 1.29 is 37.5 Å². The molecule has 2 bridgehead atoms. The molecule has 2 aliphatic rings. The van der Waals surface area contributed by atoms with E-state index in [4.69, 9.17) is 0 Å². The van der Waals surface area contributed by atoms with Crippen molar-refractivity contribution in [3.63, 3.8) is 0 Å². The summed E-state index contributed by atoms with van der Waals surface area (Å²) >= 11 is 0. The maximum absolute atomic E-state index is 13.5. The molecule has 2 aromatic rings. The Morgan fingerprint density at radius 1 is 1.16 bits per heavy atom. The number of rotatable bonds is 15. The van der Waals surface area contributed by atoms with Gasteiger partial charge < -0.3 is 20.3 Å². The number of aryl methyl sites for hydroxylation is 1. The van der Waals surface area contributed by atoms with Crippen molar-refractivity contribution >= 4 is 50.3 Å². The molecule has 0 spiro atoms. The van der Waals surface area contributed by atoms with Gasteiger partial charge in [0.25, 0.3) is 0 Å². The van der Waals surface area contributed by atoms with Crippen LogP contribution in [0.5, 0.6) is 0 Å². The van der Waals surface area contributed by atoms with E-state index < -0.39 is 63.6 Å². The van der Waals surface area contributed by atoms with Crippen LogP contribution in [0.25, 0.3) is 10.9 Å². The molecular formula is C32H44N4O8S. The molecule has 13 heteroatoms. The molecule has 4 atom stereocenters. The highest BCUT2D eigenvalue weighted by Gasteiger charge is 2.68. The average molecular weight is 645 g/mol. The van der Waals surface area contributed by atoms with Crippen LogP contribution in [-0.4, -0.2) is 82.7 Å². The lowest BCUT2D eigenvalue weighted by molar-refractivity contribution is -0.141. The Labute approximate surface area is 264 Å². The number of carbonyl (C=O) groups excluding carboxylic acids is 4. The number of sulfonamides is 1. The van der Waals surface area contributed by atoms with Crippen molar-refractivity contribution in [2.45, 2.75) is 77.3 Å². The number of carbonyl (C=O) groups is 5. The number of Topliss-reactive ketones (excluding diaryl/α,β-unsaturated/α-hetero) is 2. The molecule has 1 aromatic carbocycles. The Hall–Kier alpha value is -3.58. The Balaban J connectivity index is 1.41. The fourth-order valence-corrected chi connectivity index (χ4v) is 8.77. The average Bonchev–Trinajstić information content (AvgIpc) is 3.48. The summed E-state index contributed by atoms with van der Waals surface area (Å²) < 4.78 is 29.0. The number of hydrogen-bond donors (Lipinski definition) is 3. The van der Waals surface area contributed by atoms with Gasteiger partial charge in [-0.1, -0.05) is 39.0 Å². The first-order chi connectivity index (χ1) is 21.0. The van der Waals surface area contributed by atoms with E-state index in [1.807, 2.05) is 55.9 Å². The minimum Gasteiger partial charge on any atom is -0.481 e. The minimum atomic E-state index is -4.08. The van der Waals surface area contributed by atoms with E-state index in [9.17, 15) is 37.5 Å². The van der Waals surface area contributed by atoms with E-state index in [1.165, 1.54) is 0 Å². The molecule has 2 aliphatic carbocycles. The Morgan fingerprint density at radius 2 is 1.84 bits per heavy atom. The first-order valence-corrected chi connectivity index (χ1v) is 17.2. The maximum Gasteiger partial charge on any atom is 0.305 e. The highest BCUT2D eigenvalue weighted by molar-refractivity contribution is 7.88. The molecule has 2 saturated carbocycles. The lowest BCUT2D eigenvalue weighted by Crippen LogP contribution is -2.62. The topological polar surface area (TPSA) is 172 Å². The number of para-hydroxylation sites is 1. The van der Waals surface area contributed by atoms with Gasteiger partial charge in [0.15, 0.2) is 11.6 Å². The van der Waals surface area contributed by atoms with Gasteiger partial charge in [0, 0.05) is 49.5 Å². The molecule has 1 heterocycles. The highest BCUT2D eigenvalue weighted by atomic mass is 32.2. The number of amides is 2. The standard InChI is InChI=1S/C32H44N4O8S/c1-6-20(15-28(39)33-14-12-21-18-35(4)25-10-8-7-9-23(21)25)30(42)34-24(17-29(40)41)26(37)19-36(45(5,43)44)32-13-11-22(16-27(32)38)31(32,2)3/h7-10,18,20,22,24H,6,11-17,19H2,1-5H3,(H,33,39)(H,34,42)(H,40,41). The van der Waals surface area contributed by atoms with E-state index in [2.05, 4.69) is 10.6 Å². The van der Waals surface area contributed by atoms with Crippen molar-refractivity contribution in [3.8, 4) is 0 Å². The Bertz CT molecular complexity index is 1610. The second-order valence-electron chi connectivity index (χ2n) is 13.0. The van der Waals surface area contributed by atoms with Gasteiger partial charge in [0.1, 0.15) is 0 Å². The third-order valence-corrected chi connectivity index (χ3v) is 11.3. The molecule has 1 aromatic heterocycles. The summed E-state index contributed by atoms with van der Waals surface area (Å²) in [6.45, 7) is 4.96. The van der Waals surface area contributed by atoms with E-state index in [-0.39, 0.29) is 43.3 Å². The zero-order valence-electron chi connectivity index (χ0n) is 26.6. The lowest BCUT2D eigenvalue weighted by atomic mass is 9.75. The van der Waals surface area contributed by atoms with E-state index in [1.54, 1.807) is 6.92 Å². The first-order valence-electron chi connectivity index (χ1n) is 15.4. The smallest absolute Gasteiger partial charge is 0.305 e. The summed E-state index contributed by atoms with van der Waals surface area (Å²) in [5.41, 5.74) is 0.0335. The molecule has 0 radical (unpaired) electrons. The van der Waals surface area contributed by atoms with E-state index in [0.29, 0.717) is 19.4 Å². The predicted octanol–water partition coefficient (Wildman–Crippen LogP) is 2.19. The summed E-state index contributed by atoms with van der Waals surface area (Å²) in [4.78, 5) is 64.5. The molecule has 2 fully saturated rings. The van der Waals surface area contributed by atoms with Gasteiger partial charge >= 0.3 is 5.97 Å². The molecule has 0 saturated heterocycles. The number of carboxylic acids is 1. The molecular weight excluding hydrogens is 600 g/mol. The van der Waals surface area contributed by atoms with Crippen LogP contribution in [0.3, 0.4) is 0 Å². The van der Waals surface area contributed by atoms with Gasteiger partial charge in [-0.05, 0) is 48.6 Å². The van der Waals surface area contributed by atoms with Gasteiger partial charge in [-0.2, -0.15) is 4.31 Å². The fourth-order valence-electron chi connectivity index (χ4n) is 7.41. The summed E-state index contributed by atoms with van der Waals surface area (Å²) in [6.07, 6.45) is 3.95. The zero-order valence-corrected chi connectivity index (χ0v) is 27.4. The van der Waals surface area contributed by atoms with Gasteiger partial charge in [-0.3, -0.25) is 24.0 Å². The van der Waals surface area contributed by atoms with E-state index >= 15 is 0 Å². The Kier molecular flexibility index (Phi) is 9.93. The van der Waals surface area contributed by atoms with Crippen molar-refractivity contribution in [2.24, 2.45) is 24.3 Å². The summed E-state index contributed by atoms with van der Waals surface area (Å²) in [5.74, 6) is -4.36. The van der Waals surface area contributed by atoms with Crippen LogP contribution in [0, 0.1) is 17.3 Å². The largest absolute Gasteiger partial charge is 0.481 e. The van der Waals surface area contributed by atoms with Gasteiger partial charge in [0.2, 0.25) is 21.8 Å². The number of benzene rings is 1. The van der Waals surface area contributed by atoms with Crippen LogP contribution in [0.15, 0.2) is 30.5 Å². The van der Waals surface area contributed by atoms with Gasteiger partial charge in [0.05, 0.1) is 30.8 Å². The quantitative estimate of drug-likeness (QED) is 0.265. The molecule has 4 rings (SSSR count). The summed E-state index contributed by atoms with van der Waals surface area (Å²) in [6, 6.07) is 6.40. The third kappa shape index (κ3) is 6.69. The molecule has 2 amide bonds. The van der Waals surface area contributed by atoms with Crippen LogP contribution in [0.2, 0.25) is 0 Å². The van der Waals surface area contributed by atoms with Crippen LogP contribution < -0.4 is 10.6 Å². The van der Waals surface area contributed by atoms with E-state index in [0.717, 1.165) is 27.0 Å². The molecule has 12 nitrogen and oxygen atoms in total. The normalized spacial score (nSPS) is 22.0. The number of carboxylic acid groups (broad SMARTS) is 1. The van der Waals surface area contributed by atoms with Gasteiger partial charge in [-0.25, -0.2) is 8.42 Å². The SMILES string of the molecule is CCC(CC(=O)NCCc1cn(C)c2ccccc12)C(=O)NC(CC(=O)O)C(=O)CN(C12CCC(CC1=O)C2(C)C)S(C)(=O)=O. The number of nitrogens with zero attached hydrogens (tertiary/aromatic N) is 2. The van der Waals surface area contributed by atoms with Crippen LogP contribution in [-0.2, 0) is 47.5 Å².